The lowest BCUT2D eigenvalue weighted by Gasteiger charge is -2.22. The van der Waals surface area contributed by atoms with Gasteiger partial charge in [-0.3, -0.25) is 4.90 Å². The molecule has 0 aromatic carbocycles. The lowest BCUT2D eigenvalue weighted by Crippen LogP contribution is -2.27. The van der Waals surface area contributed by atoms with Crippen LogP contribution in [0.3, 0.4) is 0 Å². The van der Waals surface area contributed by atoms with E-state index in [0.717, 1.165) is 36.9 Å². The summed E-state index contributed by atoms with van der Waals surface area (Å²) in [4.78, 5) is 2.41. The largest absolute Gasteiger partial charge is 0.468 e. The summed E-state index contributed by atoms with van der Waals surface area (Å²) in [7, 11) is 0. The van der Waals surface area contributed by atoms with Crippen LogP contribution < -0.4 is 5.73 Å². The minimum Gasteiger partial charge on any atom is -0.468 e. The second kappa shape index (κ2) is 6.71. The van der Waals surface area contributed by atoms with Gasteiger partial charge in [0.2, 0.25) is 0 Å². The fourth-order valence-electron chi connectivity index (χ4n) is 1.71. The molecule has 16 heavy (non-hydrogen) atoms. The quantitative estimate of drug-likeness (QED) is 0.774. The topological polar surface area (TPSA) is 42.4 Å². The summed E-state index contributed by atoms with van der Waals surface area (Å²) >= 11 is 0. The maximum atomic E-state index is 5.56. The molecule has 1 atom stereocenters. The smallest absolute Gasteiger partial charge is 0.118 e. The van der Waals surface area contributed by atoms with Crippen molar-refractivity contribution in [3.63, 3.8) is 0 Å². The third kappa shape index (κ3) is 3.99. The molecule has 0 amide bonds. The molecule has 1 aromatic rings. The first kappa shape index (κ1) is 13.3. The van der Waals surface area contributed by atoms with Crippen LogP contribution in [0.15, 0.2) is 16.7 Å². The van der Waals surface area contributed by atoms with Gasteiger partial charge in [0, 0.05) is 18.7 Å². The summed E-state index contributed by atoms with van der Waals surface area (Å²) in [5, 5.41) is 0. The lowest BCUT2D eigenvalue weighted by molar-refractivity contribution is 0.221. The zero-order valence-electron chi connectivity index (χ0n) is 10.7. The molecule has 3 heteroatoms. The van der Waals surface area contributed by atoms with Gasteiger partial charge < -0.3 is 10.2 Å². The van der Waals surface area contributed by atoms with Gasteiger partial charge in [0.15, 0.2) is 0 Å². The molecule has 2 N–H and O–H groups in total. The van der Waals surface area contributed by atoms with Crippen LogP contribution in [-0.2, 0) is 13.1 Å². The Morgan fingerprint density at radius 3 is 2.69 bits per heavy atom. The van der Waals surface area contributed by atoms with Crippen LogP contribution in [-0.4, -0.2) is 18.0 Å². The van der Waals surface area contributed by atoms with Gasteiger partial charge in [0.25, 0.3) is 0 Å². The Hall–Kier alpha value is -0.800. The molecule has 1 heterocycles. The van der Waals surface area contributed by atoms with Crippen molar-refractivity contribution >= 4 is 0 Å². The van der Waals surface area contributed by atoms with Gasteiger partial charge in [-0.05, 0) is 18.5 Å². The molecule has 0 bridgehead atoms. The number of furan rings is 1. The van der Waals surface area contributed by atoms with Crippen LogP contribution in [0, 0.1) is 5.92 Å². The maximum absolute atomic E-state index is 5.56. The van der Waals surface area contributed by atoms with Crippen molar-refractivity contribution in [2.24, 2.45) is 11.7 Å². The maximum Gasteiger partial charge on any atom is 0.118 e. The molecule has 0 saturated carbocycles. The zero-order valence-corrected chi connectivity index (χ0v) is 10.7. The molecule has 0 aliphatic rings. The van der Waals surface area contributed by atoms with E-state index in [1.807, 2.05) is 0 Å². The van der Waals surface area contributed by atoms with Gasteiger partial charge >= 0.3 is 0 Å². The fraction of sp³-hybridized carbons (Fsp3) is 0.692. The van der Waals surface area contributed by atoms with Crippen LogP contribution in [0.2, 0.25) is 0 Å². The molecule has 92 valence electrons. The van der Waals surface area contributed by atoms with E-state index in [1.54, 1.807) is 6.26 Å². The zero-order chi connectivity index (χ0) is 12.0. The summed E-state index contributed by atoms with van der Waals surface area (Å²) in [5.74, 6) is 1.76. The fourth-order valence-corrected chi connectivity index (χ4v) is 1.71. The second-order valence-corrected chi connectivity index (χ2v) is 4.47. The highest BCUT2D eigenvalue weighted by Crippen LogP contribution is 2.12. The SMILES string of the molecule is CCC(C)CN(CC)Cc1cc(CN)co1. The highest BCUT2D eigenvalue weighted by molar-refractivity contribution is 5.12. The van der Waals surface area contributed by atoms with E-state index < -0.39 is 0 Å². The lowest BCUT2D eigenvalue weighted by atomic mass is 10.1. The van der Waals surface area contributed by atoms with E-state index >= 15 is 0 Å². The molecule has 0 aliphatic heterocycles. The van der Waals surface area contributed by atoms with Gasteiger partial charge in [0.05, 0.1) is 12.8 Å². The van der Waals surface area contributed by atoms with Crippen molar-refractivity contribution in [3.05, 3.63) is 23.7 Å². The van der Waals surface area contributed by atoms with Crippen LogP contribution >= 0.6 is 0 Å². The predicted octanol–water partition coefficient (Wildman–Crippen LogP) is 2.61. The van der Waals surface area contributed by atoms with Gasteiger partial charge in [-0.25, -0.2) is 0 Å². The molecule has 0 spiro atoms. The van der Waals surface area contributed by atoms with E-state index in [2.05, 4.69) is 31.7 Å². The van der Waals surface area contributed by atoms with Crippen LogP contribution in [0.4, 0.5) is 0 Å². The summed E-state index contributed by atoms with van der Waals surface area (Å²) in [6, 6.07) is 2.05. The summed E-state index contributed by atoms with van der Waals surface area (Å²) < 4.78 is 5.48. The Morgan fingerprint density at radius 2 is 2.19 bits per heavy atom. The Labute approximate surface area is 98.6 Å². The molecular weight excluding hydrogens is 200 g/mol. The van der Waals surface area contributed by atoms with Gasteiger partial charge in [0.1, 0.15) is 5.76 Å². The van der Waals surface area contributed by atoms with Gasteiger partial charge in [-0.2, -0.15) is 0 Å². The Kier molecular flexibility index (Phi) is 5.56. The van der Waals surface area contributed by atoms with Crippen molar-refractivity contribution in [3.8, 4) is 0 Å². The van der Waals surface area contributed by atoms with Crippen LogP contribution in [0.5, 0.6) is 0 Å². The van der Waals surface area contributed by atoms with E-state index in [0.29, 0.717) is 6.54 Å². The molecule has 0 aliphatic carbocycles. The highest BCUT2D eigenvalue weighted by atomic mass is 16.3. The number of hydrogen-bond donors (Lipinski definition) is 1. The minimum atomic E-state index is 0.557. The van der Waals surface area contributed by atoms with E-state index in [9.17, 15) is 0 Å². The average molecular weight is 224 g/mol. The van der Waals surface area contributed by atoms with E-state index in [4.69, 9.17) is 10.2 Å². The van der Waals surface area contributed by atoms with Crippen molar-refractivity contribution in [1.29, 1.82) is 0 Å². The van der Waals surface area contributed by atoms with Crippen molar-refractivity contribution in [2.45, 2.75) is 40.3 Å². The van der Waals surface area contributed by atoms with Crippen molar-refractivity contribution in [1.82, 2.24) is 4.90 Å². The average Bonchev–Trinajstić information content (AvgIpc) is 2.75. The predicted molar refractivity (Wildman–Crippen MR) is 67.0 cm³/mol. The molecule has 1 rings (SSSR count). The first-order chi connectivity index (χ1) is 7.69. The molecule has 3 nitrogen and oxygen atoms in total. The first-order valence-corrected chi connectivity index (χ1v) is 6.18. The van der Waals surface area contributed by atoms with Crippen LogP contribution in [0.1, 0.15) is 38.5 Å². The van der Waals surface area contributed by atoms with E-state index in [1.165, 1.54) is 6.42 Å². The molecule has 0 fully saturated rings. The number of nitrogens with zero attached hydrogens (tertiary/aromatic N) is 1. The third-order valence-corrected chi connectivity index (χ3v) is 3.04. The number of rotatable bonds is 7. The first-order valence-electron chi connectivity index (χ1n) is 6.18. The number of nitrogens with two attached hydrogens (primary N) is 1. The molecule has 0 saturated heterocycles. The summed E-state index contributed by atoms with van der Waals surface area (Å²) in [6.07, 6.45) is 2.98. The standard InChI is InChI=1S/C13H24N2O/c1-4-11(3)8-15(5-2)9-13-6-12(7-14)10-16-13/h6,10-11H,4-5,7-9,14H2,1-3H3. The summed E-state index contributed by atoms with van der Waals surface area (Å²) in [6.45, 7) is 10.3. The second-order valence-electron chi connectivity index (χ2n) is 4.47. The van der Waals surface area contributed by atoms with Crippen LogP contribution in [0.25, 0.3) is 0 Å². The number of hydrogen-bond acceptors (Lipinski definition) is 3. The normalized spacial score (nSPS) is 13.3. The van der Waals surface area contributed by atoms with Crippen molar-refractivity contribution in [2.75, 3.05) is 13.1 Å². The van der Waals surface area contributed by atoms with Crippen molar-refractivity contribution < 1.29 is 4.42 Å². The van der Waals surface area contributed by atoms with Gasteiger partial charge in [-0.15, -0.1) is 0 Å². The Morgan fingerprint density at radius 1 is 1.44 bits per heavy atom. The van der Waals surface area contributed by atoms with E-state index in [-0.39, 0.29) is 0 Å². The molecule has 0 radical (unpaired) electrons. The Bertz CT molecular complexity index is 296. The molecular formula is C13H24N2O. The molecule has 1 aromatic heterocycles. The monoisotopic (exact) mass is 224 g/mol. The highest BCUT2D eigenvalue weighted by Gasteiger charge is 2.10. The molecule has 1 unspecified atom stereocenters. The Balaban J connectivity index is 2.49. The van der Waals surface area contributed by atoms with Gasteiger partial charge in [-0.1, -0.05) is 27.2 Å². The third-order valence-electron chi connectivity index (χ3n) is 3.04. The minimum absolute atomic E-state index is 0.557. The summed E-state index contributed by atoms with van der Waals surface area (Å²) in [5.41, 5.74) is 6.63.